The molecule has 0 atom stereocenters. The first-order chi connectivity index (χ1) is 13.4. The summed E-state index contributed by atoms with van der Waals surface area (Å²) in [4.78, 5) is 27.6. The first-order valence-electron chi connectivity index (χ1n) is 8.16. The molecule has 0 saturated carbocycles. The van der Waals surface area contributed by atoms with Crippen molar-refractivity contribution in [3.05, 3.63) is 75.3 Å². The maximum atomic E-state index is 12.6. The highest BCUT2D eigenvalue weighted by Crippen LogP contribution is 2.27. The number of fused-ring (bicyclic) bond motifs is 1. The molecule has 3 rings (SSSR count). The number of carboxylic acid groups (broad SMARTS) is 1. The molecule has 0 radical (unpaired) electrons. The number of ether oxygens (including phenoxy) is 1. The zero-order valence-corrected chi connectivity index (χ0v) is 15.9. The summed E-state index contributed by atoms with van der Waals surface area (Å²) in [5.74, 6) is 0.474. The molecule has 0 aliphatic rings. The maximum absolute atomic E-state index is 12.6. The molecule has 2 N–H and O–H groups in total. The van der Waals surface area contributed by atoms with E-state index in [2.05, 4.69) is 10.3 Å². The molecule has 3 aromatic rings. The van der Waals surface area contributed by atoms with E-state index in [9.17, 15) is 9.59 Å². The van der Waals surface area contributed by atoms with E-state index in [-0.39, 0.29) is 18.7 Å². The van der Waals surface area contributed by atoms with E-state index in [1.807, 2.05) is 0 Å². The number of halogens is 2. The van der Waals surface area contributed by atoms with Gasteiger partial charge in [-0.15, -0.1) is 0 Å². The second-order valence-corrected chi connectivity index (χ2v) is 6.56. The number of benzene rings is 2. The normalized spacial score (nSPS) is 11.1. The van der Waals surface area contributed by atoms with Gasteiger partial charge in [-0.05, 0) is 36.4 Å². The third-order valence-corrected chi connectivity index (χ3v) is 4.32. The zero-order valence-electron chi connectivity index (χ0n) is 14.4. The van der Waals surface area contributed by atoms with Crippen molar-refractivity contribution in [3.8, 4) is 5.75 Å². The number of anilines is 1. The lowest BCUT2D eigenvalue weighted by Crippen LogP contribution is -2.20. The summed E-state index contributed by atoms with van der Waals surface area (Å²) in [7, 11) is 0. The third-order valence-electron chi connectivity index (χ3n) is 3.77. The van der Waals surface area contributed by atoms with Gasteiger partial charge in [0, 0.05) is 23.3 Å². The van der Waals surface area contributed by atoms with Crippen molar-refractivity contribution in [1.82, 2.24) is 9.55 Å². The van der Waals surface area contributed by atoms with E-state index in [1.165, 1.54) is 17.0 Å². The van der Waals surface area contributed by atoms with Crippen molar-refractivity contribution in [3.63, 3.8) is 0 Å². The van der Waals surface area contributed by atoms with Gasteiger partial charge < -0.3 is 9.84 Å². The number of aromatic nitrogens is 2. The standard InChI is InChI=1S/C19H15Cl2N3O4/c20-12-3-5-15(21)17(9-12)28-8-2-1-7-24-11-22-16-6-4-13(23-19(26)27)10-14(16)18(24)25/h1-6,9-11,23H,7-8H2,(H,26,27)/b2-1+. The monoisotopic (exact) mass is 419 g/mol. The Hall–Kier alpha value is -3.03. The molecule has 0 fully saturated rings. The number of rotatable bonds is 6. The highest BCUT2D eigenvalue weighted by atomic mass is 35.5. The quantitative estimate of drug-likeness (QED) is 0.576. The van der Waals surface area contributed by atoms with Gasteiger partial charge in [-0.3, -0.25) is 14.7 Å². The lowest BCUT2D eigenvalue weighted by Gasteiger charge is -2.07. The fraction of sp³-hybridized carbons (Fsp3) is 0.105. The van der Waals surface area contributed by atoms with Crippen LogP contribution in [0.3, 0.4) is 0 Å². The van der Waals surface area contributed by atoms with Crippen LogP contribution in [-0.4, -0.2) is 27.4 Å². The molecular formula is C19H15Cl2N3O4. The number of nitrogens with zero attached hydrogens (tertiary/aromatic N) is 2. The lowest BCUT2D eigenvalue weighted by molar-refractivity contribution is 0.210. The van der Waals surface area contributed by atoms with Gasteiger partial charge in [0.05, 0.1) is 22.3 Å². The Morgan fingerprint density at radius 1 is 1.21 bits per heavy atom. The van der Waals surface area contributed by atoms with E-state index in [0.717, 1.165) is 0 Å². The van der Waals surface area contributed by atoms with Gasteiger partial charge >= 0.3 is 6.09 Å². The van der Waals surface area contributed by atoms with Gasteiger partial charge in [-0.25, -0.2) is 9.78 Å². The van der Waals surface area contributed by atoms with Crippen LogP contribution in [0.4, 0.5) is 10.5 Å². The van der Waals surface area contributed by atoms with Gasteiger partial charge in [0.1, 0.15) is 12.4 Å². The van der Waals surface area contributed by atoms with E-state index in [4.69, 9.17) is 33.0 Å². The van der Waals surface area contributed by atoms with E-state index in [0.29, 0.717) is 32.4 Å². The van der Waals surface area contributed by atoms with Crippen molar-refractivity contribution in [2.75, 3.05) is 11.9 Å². The fourth-order valence-electron chi connectivity index (χ4n) is 2.47. The van der Waals surface area contributed by atoms with Crippen molar-refractivity contribution in [2.24, 2.45) is 0 Å². The number of hydrogen-bond donors (Lipinski definition) is 2. The van der Waals surface area contributed by atoms with E-state index < -0.39 is 6.09 Å². The summed E-state index contributed by atoms with van der Waals surface area (Å²) in [5.41, 5.74) is 0.515. The molecule has 7 nitrogen and oxygen atoms in total. The van der Waals surface area contributed by atoms with Gasteiger partial charge in [-0.1, -0.05) is 29.3 Å². The number of nitrogens with one attached hydrogen (secondary N) is 1. The second kappa shape index (κ2) is 8.77. The minimum absolute atomic E-state index is 0.252. The number of hydrogen-bond acceptors (Lipinski definition) is 4. The molecule has 9 heteroatoms. The average Bonchev–Trinajstić information content (AvgIpc) is 2.65. The Balaban J connectivity index is 1.69. The minimum atomic E-state index is -1.20. The molecule has 28 heavy (non-hydrogen) atoms. The lowest BCUT2D eigenvalue weighted by atomic mass is 10.2. The number of amides is 1. The molecule has 1 heterocycles. The smallest absolute Gasteiger partial charge is 0.409 e. The second-order valence-electron chi connectivity index (χ2n) is 5.72. The number of carbonyl (C=O) groups is 1. The van der Waals surface area contributed by atoms with Crippen molar-refractivity contribution in [1.29, 1.82) is 0 Å². The Morgan fingerprint density at radius 3 is 2.82 bits per heavy atom. The maximum Gasteiger partial charge on any atom is 0.409 e. The van der Waals surface area contributed by atoms with E-state index >= 15 is 0 Å². The largest absolute Gasteiger partial charge is 0.488 e. The molecule has 0 bridgehead atoms. The predicted molar refractivity (Wildman–Crippen MR) is 109 cm³/mol. The van der Waals surface area contributed by atoms with E-state index in [1.54, 1.807) is 42.5 Å². The Morgan fingerprint density at radius 2 is 2.04 bits per heavy atom. The van der Waals surface area contributed by atoms with Crippen LogP contribution in [-0.2, 0) is 6.54 Å². The molecule has 0 unspecified atom stereocenters. The molecule has 0 saturated heterocycles. The zero-order chi connectivity index (χ0) is 20.1. The molecule has 0 aliphatic heterocycles. The van der Waals surface area contributed by atoms with Crippen molar-refractivity contribution >= 4 is 45.9 Å². The topological polar surface area (TPSA) is 93.5 Å². The Bertz CT molecular complexity index is 1110. The molecule has 144 valence electrons. The van der Waals surface area contributed by atoms with Crippen LogP contribution in [0.1, 0.15) is 0 Å². The van der Waals surface area contributed by atoms with Crippen LogP contribution in [0.25, 0.3) is 10.9 Å². The molecule has 1 aromatic heterocycles. The average molecular weight is 420 g/mol. The summed E-state index contributed by atoms with van der Waals surface area (Å²) in [6.45, 7) is 0.535. The summed E-state index contributed by atoms with van der Waals surface area (Å²) >= 11 is 11.9. The summed E-state index contributed by atoms with van der Waals surface area (Å²) in [6, 6.07) is 9.54. The molecule has 0 spiro atoms. The Labute approximate surface area is 169 Å². The first kappa shape index (κ1) is 19.7. The minimum Gasteiger partial charge on any atom is -0.488 e. The summed E-state index contributed by atoms with van der Waals surface area (Å²) in [5, 5.41) is 12.3. The van der Waals surface area contributed by atoms with Crippen LogP contribution in [0.15, 0.2) is 59.7 Å². The highest BCUT2D eigenvalue weighted by molar-refractivity contribution is 6.34. The molecule has 1 amide bonds. The number of allylic oxidation sites excluding steroid dienone is 1. The van der Waals surface area contributed by atoms with Gasteiger partial charge in [-0.2, -0.15) is 0 Å². The summed E-state index contributed by atoms with van der Waals surface area (Å²) < 4.78 is 6.95. The van der Waals surface area contributed by atoms with Crippen LogP contribution < -0.4 is 15.6 Å². The van der Waals surface area contributed by atoms with Crippen LogP contribution in [0, 0.1) is 0 Å². The summed E-state index contributed by atoms with van der Waals surface area (Å²) in [6.07, 6.45) is 3.74. The molecular weight excluding hydrogens is 405 g/mol. The van der Waals surface area contributed by atoms with Gasteiger partial charge in [0.2, 0.25) is 0 Å². The Kier molecular flexibility index (Phi) is 6.18. The van der Waals surface area contributed by atoms with Gasteiger partial charge in [0.25, 0.3) is 5.56 Å². The van der Waals surface area contributed by atoms with Crippen LogP contribution in [0.5, 0.6) is 5.75 Å². The van der Waals surface area contributed by atoms with Crippen LogP contribution >= 0.6 is 23.2 Å². The molecule has 2 aromatic carbocycles. The van der Waals surface area contributed by atoms with Gasteiger partial charge in [0.15, 0.2) is 0 Å². The SMILES string of the molecule is O=C(O)Nc1ccc2ncn(C/C=C/COc3cc(Cl)ccc3Cl)c(=O)c2c1. The fourth-order valence-corrected chi connectivity index (χ4v) is 2.81. The van der Waals surface area contributed by atoms with Crippen molar-refractivity contribution < 1.29 is 14.6 Å². The molecule has 0 aliphatic carbocycles. The highest BCUT2D eigenvalue weighted by Gasteiger charge is 2.06. The first-order valence-corrected chi connectivity index (χ1v) is 8.91. The third kappa shape index (κ3) is 4.82. The predicted octanol–water partition coefficient (Wildman–Crippen LogP) is 4.43. The van der Waals surface area contributed by atoms with Crippen molar-refractivity contribution in [2.45, 2.75) is 6.54 Å². The van der Waals surface area contributed by atoms with Crippen LogP contribution in [0.2, 0.25) is 10.0 Å².